The zero-order valence-corrected chi connectivity index (χ0v) is 11.5. The van der Waals surface area contributed by atoms with Gasteiger partial charge in [-0.15, -0.1) is 11.8 Å². The van der Waals surface area contributed by atoms with Crippen molar-refractivity contribution in [1.29, 1.82) is 0 Å². The lowest BCUT2D eigenvalue weighted by Crippen LogP contribution is -2.30. The molecule has 0 spiro atoms. The molecule has 0 radical (unpaired) electrons. The first-order valence-corrected chi connectivity index (χ1v) is 7.14. The molecule has 0 saturated carbocycles. The van der Waals surface area contributed by atoms with Crippen LogP contribution in [0.5, 0.6) is 0 Å². The number of nitro benzene ring substituents is 1. The maximum atomic E-state index is 12.3. The first kappa shape index (κ1) is 14.8. The van der Waals surface area contributed by atoms with Gasteiger partial charge in [0.25, 0.3) is 11.6 Å². The summed E-state index contributed by atoms with van der Waals surface area (Å²) in [5.74, 6) is -0.553. The van der Waals surface area contributed by atoms with Gasteiger partial charge >= 0.3 is 0 Å². The quantitative estimate of drug-likeness (QED) is 0.478. The van der Waals surface area contributed by atoms with Gasteiger partial charge in [0.2, 0.25) is 0 Å². The lowest BCUT2D eigenvalue weighted by atomic mass is 10.1. The van der Waals surface area contributed by atoms with Crippen molar-refractivity contribution in [3.05, 3.63) is 33.9 Å². The van der Waals surface area contributed by atoms with Crippen LogP contribution in [0.3, 0.4) is 0 Å². The molecule has 1 fully saturated rings. The summed E-state index contributed by atoms with van der Waals surface area (Å²) in [6.07, 6.45) is -0.220. The minimum absolute atomic E-state index is 0.0249. The average Bonchev–Trinajstić information content (AvgIpc) is 2.77. The van der Waals surface area contributed by atoms with Gasteiger partial charge < -0.3 is 15.1 Å². The number of thioether (sulfide) groups is 1. The Morgan fingerprint density at radius 2 is 2.00 bits per heavy atom. The van der Waals surface area contributed by atoms with E-state index in [0.29, 0.717) is 0 Å². The second kappa shape index (κ2) is 5.78. The Morgan fingerprint density at radius 3 is 2.50 bits per heavy atom. The Hall–Kier alpha value is -1.64. The van der Waals surface area contributed by atoms with Crippen molar-refractivity contribution < 1.29 is 19.9 Å². The number of β-amino-alcohol motifs (C(OH)–C–C–N with tert-alkyl or cyclic N) is 2. The molecule has 7 nitrogen and oxygen atoms in total. The molecule has 0 aliphatic carbocycles. The Bertz CT molecular complexity index is 541. The highest BCUT2D eigenvalue weighted by Gasteiger charge is 2.35. The second-order valence-electron chi connectivity index (χ2n) is 4.49. The van der Waals surface area contributed by atoms with Gasteiger partial charge in [0, 0.05) is 24.1 Å². The van der Waals surface area contributed by atoms with Crippen LogP contribution in [0.15, 0.2) is 23.1 Å². The number of carbonyl (C=O) groups is 1. The number of benzene rings is 1. The molecule has 0 unspecified atom stereocenters. The summed E-state index contributed by atoms with van der Waals surface area (Å²) in [5, 5.41) is 29.9. The first-order valence-electron chi connectivity index (χ1n) is 5.92. The van der Waals surface area contributed by atoms with Crippen molar-refractivity contribution in [3.63, 3.8) is 0 Å². The van der Waals surface area contributed by atoms with Gasteiger partial charge in [-0.3, -0.25) is 14.9 Å². The molecule has 0 bridgehead atoms. The second-order valence-corrected chi connectivity index (χ2v) is 5.36. The van der Waals surface area contributed by atoms with E-state index in [2.05, 4.69) is 0 Å². The van der Waals surface area contributed by atoms with Gasteiger partial charge in [-0.25, -0.2) is 0 Å². The van der Waals surface area contributed by atoms with Crippen molar-refractivity contribution in [2.75, 3.05) is 19.3 Å². The number of aliphatic hydroxyl groups excluding tert-OH is 2. The summed E-state index contributed by atoms with van der Waals surface area (Å²) < 4.78 is 0. The monoisotopic (exact) mass is 298 g/mol. The van der Waals surface area contributed by atoms with E-state index in [4.69, 9.17) is 0 Å². The lowest BCUT2D eigenvalue weighted by Gasteiger charge is -2.15. The third kappa shape index (κ3) is 2.77. The van der Waals surface area contributed by atoms with E-state index >= 15 is 0 Å². The summed E-state index contributed by atoms with van der Waals surface area (Å²) in [6.45, 7) is -0.0543. The number of hydrogen-bond donors (Lipinski definition) is 2. The third-order valence-electron chi connectivity index (χ3n) is 3.18. The molecule has 0 aromatic heterocycles. The molecule has 1 amide bonds. The fourth-order valence-corrected chi connectivity index (χ4v) is 2.52. The fraction of sp³-hybridized carbons (Fsp3) is 0.417. The lowest BCUT2D eigenvalue weighted by molar-refractivity contribution is -0.385. The Kier molecular flexibility index (Phi) is 4.26. The van der Waals surface area contributed by atoms with Crippen LogP contribution in [0, 0.1) is 10.1 Å². The van der Waals surface area contributed by atoms with Crippen molar-refractivity contribution in [2.24, 2.45) is 0 Å². The third-order valence-corrected chi connectivity index (χ3v) is 3.90. The highest BCUT2D eigenvalue weighted by atomic mass is 32.2. The molecule has 2 N–H and O–H groups in total. The minimum Gasteiger partial charge on any atom is -0.388 e. The van der Waals surface area contributed by atoms with E-state index < -0.39 is 23.0 Å². The summed E-state index contributed by atoms with van der Waals surface area (Å²) in [4.78, 5) is 24.7. The molecule has 8 heteroatoms. The van der Waals surface area contributed by atoms with E-state index in [1.54, 1.807) is 12.3 Å². The number of nitro groups is 1. The van der Waals surface area contributed by atoms with Gasteiger partial charge in [0.1, 0.15) is 5.56 Å². The molecular weight excluding hydrogens is 284 g/mol. The molecule has 1 heterocycles. The summed E-state index contributed by atoms with van der Waals surface area (Å²) in [6, 6.07) is 4.33. The highest BCUT2D eigenvalue weighted by molar-refractivity contribution is 7.98. The molecule has 1 aliphatic heterocycles. The maximum absolute atomic E-state index is 12.3. The van der Waals surface area contributed by atoms with Crippen LogP contribution in [0.25, 0.3) is 0 Å². The summed E-state index contributed by atoms with van der Waals surface area (Å²) in [7, 11) is 0. The SMILES string of the molecule is CSc1ccc([N+](=O)[O-])c(C(=O)N2C[C@@H](O)[C@@H](O)C2)c1. The van der Waals surface area contributed by atoms with Crippen molar-refractivity contribution in [3.8, 4) is 0 Å². The number of carbonyl (C=O) groups excluding carboxylic acids is 1. The molecular formula is C12H14N2O5S. The number of hydrogen-bond acceptors (Lipinski definition) is 6. The topological polar surface area (TPSA) is 104 Å². The molecule has 108 valence electrons. The minimum atomic E-state index is -1.01. The van der Waals surface area contributed by atoms with Gasteiger partial charge in [0.05, 0.1) is 17.1 Å². The predicted molar refractivity (Wildman–Crippen MR) is 72.8 cm³/mol. The number of amides is 1. The smallest absolute Gasteiger partial charge is 0.282 e. The molecule has 2 atom stereocenters. The number of rotatable bonds is 3. The van der Waals surface area contributed by atoms with Gasteiger partial charge in [-0.05, 0) is 18.4 Å². The zero-order chi connectivity index (χ0) is 14.9. The summed E-state index contributed by atoms with van der Waals surface area (Å²) >= 11 is 1.37. The molecule has 1 aromatic rings. The number of likely N-dealkylation sites (tertiary alicyclic amines) is 1. The van der Waals surface area contributed by atoms with Gasteiger partial charge in [0.15, 0.2) is 0 Å². The maximum Gasteiger partial charge on any atom is 0.282 e. The Balaban J connectivity index is 2.35. The van der Waals surface area contributed by atoms with Crippen LogP contribution in [-0.4, -0.2) is 57.5 Å². The van der Waals surface area contributed by atoms with Crippen molar-refractivity contribution in [1.82, 2.24) is 4.90 Å². The van der Waals surface area contributed by atoms with Crippen molar-refractivity contribution >= 4 is 23.4 Å². The highest BCUT2D eigenvalue weighted by Crippen LogP contribution is 2.27. The van der Waals surface area contributed by atoms with E-state index in [0.717, 1.165) is 4.90 Å². The van der Waals surface area contributed by atoms with Crippen LogP contribution < -0.4 is 0 Å². The Morgan fingerprint density at radius 1 is 1.40 bits per heavy atom. The van der Waals surface area contributed by atoms with Crippen LogP contribution in [0.1, 0.15) is 10.4 Å². The van der Waals surface area contributed by atoms with Crippen LogP contribution in [-0.2, 0) is 0 Å². The number of aliphatic hydroxyl groups is 2. The van der Waals surface area contributed by atoms with Crippen LogP contribution in [0.2, 0.25) is 0 Å². The van der Waals surface area contributed by atoms with E-state index in [1.165, 1.54) is 28.8 Å². The van der Waals surface area contributed by atoms with Crippen LogP contribution in [0.4, 0.5) is 5.69 Å². The van der Waals surface area contributed by atoms with E-state index in [1.807, 2.05) is 0 Å². The van der Waals surface area contributed by atoms with Gasteiger partial charge in [-0.2, -0.15) is 0 Å². The number of nitrogens with zero attached hydrogens (tertiary/aromatic N) is 2. The van der Waals surface area contributed by atoms with E-state index in [9.17, 15) is 25.1 Å². The predicted octanol–water partition coefficient (Wildman–Crippen LogP) is 0.494. The molecule has 20 heavy (non-hydrogen) atoms. The van der Waals surface area contributed by atoms with Crippen molar-refractivity contribution in [2.45, 2.75) is 17.1 Å². The fourth-order valence-electron chi connectivity index (χ4n) is 2.08. The molecule has 1 saturated heterocycles. The Labute approximate surface area is 119 Å². The molecule has 1 aliphatic rings. The standard InChI is InChI=1S/C12H14N2O5S/c1-20-7-2-3-9(14(18)19)8(4-7)12(17)13-5-10(15)11(16)6-13/h2-4,10-11,15-16H,5-6H2,1H3/t10-,11+. The van der Waals surface area contributed by atoms with Crippen LogP contribution >= 0.6 is 11.8 Å². The summed E-state index contributed by atoms with van der Waals surface area (Å²) in [5.41, 5.74) is -0.299. The van der Waals surface area contributed by atoms with Gasteiger partial charge in [-0.1, -0.05) is 0 Å². The normalized spacial score (nSPS) is 22.1. The first-order chi connectivity index (χ1) is 9.43. The zero-order valence-electron chi connectivity index (χ0n) is 10.7. The average molecular weight is 298 g/mol. The largest absolute Gasteiger partial charge is 0.388 e. The molecule has 2 rings (SSSR count). The van der Waals surface area contributed by atoms with E-state index in [-0.39, 0.29) is 24.3 Å². The molecule has 1 aromatic carbocycles.